The van der Waals surface area contributed by atoms with Gasteiger partial charge in [-0.3, -0.25) is 10.1 Å². The van der Waals surface area contributed by atoms with E-state index in [9.17, 15) is 20.3 Å². The Hall–Kier alpha value is -1.66. The second-order valence-electron chi connectivity index (χ2n) is 4.89. The van der Waals surface area contributed by atoms with E-state index in [0.29, 0.717) is 31.0 Å². The van der Waals surface area contributed by atoms with Crippen LogP contribution in [0, 0.1) is 16.0 Å². The molecular weight excluding hydrogens is 248 g/mol. The highest BCUT2D eigenvalue weighted by molar-refractivity contribution is 5.42. The van der Waals surface area contributed by atoms with Gasteiger partial charge in [0, 0.05) is 24.2 Å². The molecule has 0 saturated carbocycles. The van der Waals surface area contributed by atoms with Gasteiger partial charge in [0.15, 0.2) is 0 Å². The summed E-state index contributed by atoms with van der Waals surface area (Å²) < 4.78 is 0. The third-order valence-corrected chi connectivity index (χ3v) is 2.83. The maximum Gasteiger partial charge on any atom is 0.270 e. The van der Waals surface area contributed by atoms with Crippen LogP contribution in [0.4, 0.5) is 5.69 Å². The monoisotopic (exact) mass is 268 g/mol. The lowest BCUT2D eigenvalue weighted by Crippen LogP contribution is -2.23. The predicted octanol–water partition coefficient (Wildman–Crippen LogP) is 1.80. The molecule has 106 valence electrons. The molecule has 0 fully saturated rings. The van der Waals surface area contributed by atoms with Crippen molar-refractivity contribution in [3.8, 4) is 5.75 Å². The van der Waals surface area contributed by atoms with Crippen molar-refractivity contribution in [2.45, 2.75) is 32.9 Å². The third kappa shape index (κ3) is 5.23. The minimum absolute atomic E-state index is 0.0355. The quantitative estimate of drug-likeness (QED) is 0.517. The molecule has 1 aromatic rings. The number of nitrogens with zero attached hydrogens (tertiary/aromatic N) is 1. The number of hydrogen-bond acceptors (Lipinski definition) is 5. The van der Waals surface area contributed by atoms with Crippen LogP contribution in [-0.2, 0) is 6.54 Å². The van der Waals surface area contributed by atoms with E-state index in [1.54, 1.807) is 6.92 Å². The van der Waals surface area contributed by atoms with Crippen LogP contribution in [0.5, 0.6) is 5.75 Å². The van der Waals surface area contributed by atoms with Gasteiger partial charge in [-0.2, -0.15) is 0 Å². The van der Waals surface area contributed by atoms with E-state index < -0.39 is 4.92 Å². The molecule has 1 rings (SSSR count). The molecule has 0 spiro atoms. The van der Waals surface area contributed by atoms with Crippen molar-refractivity contribution in [1.82, 2.24) is 5.32 Å². The van der Waals surface area contributed by atoms with Crippen LogP contribution in [0.3, 0.4) is 0 Å². The predicted molar refractivity (Wildman–Crippen MR) is 71.9 cm³/mol. The Morgan fingerprint density at radius 3 is 2.68 bits per heavy atom. The summed E-state index contributed by atoms with van der Waals surface area (Å²) in [6.45, 7) is 4.78. The Kier molecular flexibility index (Phi) is 5.72. The Bertz CT molecular complexity index is 435. The topological polar surface area (TPSA) is 95.6 Å². The summed E-state index contributed by atoms with van der Waals surface area (Å²) in [5.74, 6) is 0.335. The molecule has 3 N–H and O–H groups in total. The normalized spacial score (nSPS) is 14.1. The van der Waals surface area contributed by atoms with E-state index in [4.69, 9.17) is 0 Å². The Morgan fingerprint density at radius 2 is 2.11 bits per heavy atom. The molecule has 0 aliphatic rings. The lowest BCUT2D eigenvalue weighted by atomic mass is 10.0. The lowest BCUT2D eigenvalue weighted by molar-refractivity contribution is -0.384. The van der Waals surface area contributed by atoms with Crippen molar-refractivity contribution in [1.29, 1.82) is 0 Å². The van der Waals surface area contributed by atoms with Crippen molar-refractivity contribution < 1.29 is 15.1 Å². The maximum absolute atomic E-state index is 10.6. The zero-order valence-electron chi connectivity index (χ0n) is 11.2. The summed E-state index contributed by atoms with van der Waals surface area (Å²) in [4.78, 5) is 10.2. The van der Waals surface area contributed by atoms with Crippen molar-refractivity contribution in [3.05, 3.63) is 33.9 Å². The van der Waals surface area contributed by atoms with E-state index in [1.165, 1.54) is 18.2 Å². The first-order chi connectivity index (χ1) is 8.90. The minimum atomic E-state index is -0.487. The van der Waals surface area contributed by atoms with Gasteiger partial charge in [-0.15, -0.1) is 0 Å². The number of nitro benzene ring substituents is 1. The van der Waals surface area contributed by atoms with Gasteiger partial charge in [-0.1, -0.05) is 6.92 Å². The van der Waals surface area contributed by atoms with Crippen LogP contribution in [0.2, 0.25) is 0 Å². The molecule has 0 aliphatic heterocycles. The number of aliphatic hydroxyl groups excluding tert-OH is 1. The van der Waals surface area contributed by atoms with E-state index in [1.807, 2.05) is 6.92 Å². The molecule has 6 heteroatoms. The average molecular weight is 268 g/mol. The molecular formula is C13H20N2O4. The van der Waals surface area contributed by atoms with Gasteiger partial charge < -0.3 is 15.5 Å². The number of aromatic hydroxyl groups is 1. The summed E-state index contributed by atoms with van der Waals surface area (Å²) in [5, 5.41) is 32.6. The van der Waals surface area contributed by atoms with Crippen molar-refractivity contribution in [3.63, 3.8) is 0 Å². The largest absolute Gasteiger partial charge is 0.508 e. The third-order valence-electron chi connectivity index (χ3n) is 2.83. The minimum Gasteiger partial charge on any atom is -0.508 e. The first-order valence-corrected chi connectivity index (χ1v) is 6.25. The van der Waals surface area contributed by atoms with E-state index in [0.717, 1.165) is 0 Å². The second-order valence-corrected chi connectivity index (χ2v) is 4.89. The molecule has 2 atom stereocenters. The van der Waals surface area contributed by atoms with Gasteiger partial charge in [-0.05, 0) is 31.9 Å². The van der Waals surface area contributed by atoms with Crippen LogP contribution >= 0.6 is 0 Å². The summed E-state index contributed by atoms with van der Waals surface area (Å²) in [6, 6.07) is 3.96. The van der Waals surface area contributed by atoms with Crippen molar-refractivity contribution in [2.75, 3.05) is 6.54 Å². The maximum atomic E-state index is 10.6. The number of nitrogens with one attached hydrogen (secondary N) is 1. The first kappa shape index (κ1) is 15.4. The highest BCUT2D eigenvalue weighted by atomic mass is 16.6. The Morgan fingerprint density at radius 1 is 1.42 bits per heavy atom. The van der Waals surface area contributed by atoms with Gasteiger partial charge in [-0.25, -0.2) is 0 Å². The van der Waals surface area contributed by atoms with Crippen LogP contribution in [0.1, 0.15) is 25.8 Å². The molecule has 0 radical (unpaired) electrons. The Balaban J connectivity index is 2.53. The molecule has 0 amide bonds. The number of phenols is 1. The lowest BCUT2D eigenvalue weighted by Gasteiger charge is -2.14. The number of benzene rings is 1. The molecule has 2 unspecified atom stereocenters. The summed E-state index contributed by atoms with van der Waals surface area (Å²) in [6.07, 6.45) is 0.344. The highest BCUT2D eigenvalue weighted by Crippen LogP contribution is 2.22. The molecule has 6 nitrogen and oxygen atoms in total. The van der Waals surface area contributed by atoms with Crippen molar-refractivity contribution in [2.24, 2.45) is 5.92 Å². The number of phenolic OH excluding ortho intramolecular Hbond substituents is 1. The van der Waals surface area contributed by atoms with Gasteiger partial charge in [0.2, 0.25) is 0 Å². The SMILES string of the molecule is CC(O)CC(C)CNCc1cc([N+](=O)[O-])ccc1O. The standard InChI is InChI=1S/C13H20N2O4/c1-9(5-10(2)16)7-14-8-11-6-12(15(18)19)3-4-13(11)17/h3-4,6,9-10,14,16-17H,5,7-8H2,1-2H3. The zero-order chi connectivity index (χ0) is 14.4. The van der Waals surface area contributed by atoms with Crippen LogP contribution in [-0.4, -0.2) is 27.8 Å². The van der Waals surface area contributed by atoms with Crippen LogP contribution < -0.4 is 5.32 Å². The summed E-state index contributed by atoms with van der Waals surface area (Å²) >= 11 is 0. The zero-order valence-corrected chi connectivity index (χ0v) is 11.2. The van der Waals surface area contributed by atoms with Gasteiger partial charge in [0.1, 0.15) is 5.75 Å². The van der Waals surface area contributed by atoms with Crippen molar-refractivity contribution >= 4 is 5.69 Å². The molecule has 0 aromatic heterocycles. The van der Waals surface area contributed by atoms with Gasteiger partial charge in [0.05, 0.1) is 11.0 Å². The summed E-state index contributed by atoms with van der Waals surface area (Å²) in [5.41, 5.74) is 0.463. The van der Waals surface area contributed by atoms with E-state index in [-0.39, 0.29) is 17.5 Å². The number of hydrogen-bond donors (Lipinski definition) is 3. The number of rotatable bonds is 7. The molecule has 19 heavy (non-hydrogen) atoms. The molecule has 0 aliphatic carbocycles. The number of non-ortho nitro benzene ring substituents is 1. The van der Waals surface area contributed by atoms with Gasteiger partial charge in [0.25, 0.3) is 5.69 Å². The molecule has 0 heterocycles. The molecule has 0 saturated heterocycles. The fraction of sp³-hybridized carbons (Fsp3) is 0.538. The Labute approximate surface area is 112 Å². The highest BCUT2D eigenvalue weighted by Gasteiger charge is 2.11. The molecule has 0 bridgehead atoms. The van der Waals surface area contributed by atoms with E-state index in [2.05, 4.69) is 5.32 Å². The summed E-state index contributed by atoms with van der Waals surface area (Å²) in [7, 11) is 0. The average Bonchev–Trinajstić information content (AvgIpc) is 2.30. The molecule has 1 aromatic carbocycles. The smallest absolute Gasteiger partial charge is 0.270 e. The fourth-order valence-corrected chi connectivity index (χ4v) is 1.95. The fourth-order valence-electron chi connectivity index (χ4n) is 1.95. The number of nitro groups is 1. The van der Waals surface area contributed by atoms with Crippen LogP contribution in [0.15, 0.2) is 18.2 Å². The van der Waals surface area contributed by atoms with Gasteiger partial charge >= 0.3 is 0 Å². The second kappa shape index (κ2) is 7.06. The van der Waals surface area contributed by atoms with Crippen LogP contribution in [0.25, 0.3) is 0 Å². The first-order valence-electron chi connectivity index (χ1n) is 6.25. The van der Waals surface area contributed by atoms with E-state index >= 15 is 0 Å². The number of aliphatic hydroxyl groups is 1.